The van der Waals surface area contributed by atoms with Crippen molar-refractivity contribution in [3.8, 4) is 0 Å². The van der Waals surface area contributed by atoms with Crippen LogP contribution in [-0.4, -0.2) is 24.7 Å². The van der Waals surface area contributed by atoms with Crippen molar-refractivity contribution >= 4 is 34.0 Å². The minimum atomic E-state index is -0.944. The SMILES string of the molecule is CCOC(=O)C(=O)N/N=C\c1ccc(Br)cc1. The van der Waals surface area contributed by atoms with Gasteiger partial charge in [-0.25, -0.2) is 10.2 Å². The molecular weight excluding hydrogens is 288 g/mol. The zero-order chi connectivity index (χ0) is 12.7. The predicted molar refractivity (Wildman–Crippen MR) is 66.5 cm³/mol. The highest BCUT2D eigenvalue weighted by molar-refractivity contribution is 9.10. The standard InChI is InChI=1S/C11H11BrN2O3/c1-2-17-11(16)10(15)14-13-7-8-3-5-9(12)6-4-8/h3-7H,2H2,1H3,(H,14,15)/b13-7-. The van der Waals surface area contributed by atoms with Crippen LogP contribution in [0.3, 0.4) is 0 Å². The van der Waals surface area contributed by atoms with Crippen molar-refractivity contribution in [2.24, 2.45) is 5.10 Å². The fourth-order valence-electron chi connectivity index (χ4n) is 0.957. The molecule has 0 fully saturated rings. The summed E-state index contributed by atoms with van der Waals surface area (Å²) in [5, 5.41) is 3.63. The Morgan fingerprint density at radius 1 is 1.41 bits per heavy atom. The molecule has 0 saturated carbocycles. The maximum absolute atomic E-state index is 11.1. The number of hydrogen-bond acceptors (Lipinski definition) is 4. The molecule has 0 aliphatic heterocycles. The highest BCUT2D eigenvalue weighted by Crippen LogP contribution is 2.08. The summed E-state index contributed by atoms with van der Waals surface area (Å²) < 4.78 is 5.44. The van der Waals surface area contributed by atoms with Crippen LogP contribution in [0.25, 0.3) is 0 Å². The summed E-state index contributed by atoms with van der Waals surface area (Å²) in [7, 11) is 0. The van der Waals surface area contributed by atoms with Gasteiger partial charge in [-0.3, -0.25) is 4.79 Å². The summed E-state index contributed by atoms with van der Waals surface area (Å²) >= 11 is 3.30. The lowest BCUT2D eigenvalue weighted by atomic mass is 10.2. The number of benzene rings is 1. The third kappa shape index (κ3) is 4.78. The topological polar surface area (TPSA) is 67.8 Å². The largest absolute Gasteiger partial charge is 0.459 e. The molecule has 1 aromatic carbocycles. The van der Waals surface area contributed by atoms with Gasteiger partial charge in [-0.1, -0.05) is 28.1 Å². The van der Waals surface area contributed by atoms with Crippen LogP contribution in [-0.2, 0) is 14.3 Å². The molecule has 0 atom stereocenters. The van der Waals surface area contributed by atoms with E-state index in [0.29, 0.717) is 0 Å². The average Bonchev–Trinajstić information content (AvgIpc) is 2.32. The Morgan fingerprint density at radius 3 is 2.65 bits per heavy atom. The van der Waals surface area contributed by atoms with Crippen molar-refractivity contribution in [1.29, 1.82) is 0 Å². The van der Waals surface area contributed by atoms with E-state index in [4.69, 9.17) is 0 Å². The number of halogens is 1. The molecule has 0 aliphatic rings. The van der Waals surface area contributed by atoms with Gasteiger partial charge in [0.05, 0.1) is 12.8 Å². The van der Waals surface area contributed by atoms with Gasteiger partial charge in [0.15, 0.2) is 0 Å². The fraction of sp³-hybridized carbons (Fsp3) is 0.182. The number of hydrazone groups is 1. The molecule has 1 rings (SSSR count). The van der Waals surface area contributed by atoms with Crippen molar-refractivity contribution in [2.75, 3.05) is 6.61 Å². The fourth-order valence-corrected chi connectivity index (χ4v) is 1.22. The van der Waals surface area contributed by atoms with Crippen molar-refractivity contribution in [3.63, 3.8) is 0 Å². The molecular formula is C11H11BrN2O3. The van der Waals surface area contributed by atoms with Crippen LogP contribution in [0.4, 0.5) is 0 Å². The molecule has 0 aromatic heterocycles. The van der Waals surface area contributed by atoms with Crippen LogP contribution in [0.2, 0.25) is 0 Å². The Balaban J connectivity index is 2.47. The smallest absolute Gasteiger partial charge is 0.398 e. The first-order chi connectivity index (χ1) is 8.13. The maximum atomic E-state index is 11.1. The first-order valence-electron chi connectivity index (χ1n) is 4.89. The Labute approximate surface area is 107 Å². The first-order valence-corrected chi connectivity index (χ1v) is 5.68. The molecule has 0 spiro atoms. The van der Waals surface area contributed by atoms with Gasteiger partial charge in [-0.15, -0.1) is 0 Å². The molecule has 0 aliphatic carbocycles. The number of hydrogen-bond donors (Lipinski definition) is 1. The zero-order valence-electron chi connectivity index (χ0n) is 9.14. The lowest BCUT2D eigenvalue weighted by Gasteiger charge is -1.99. The van der Waals surface area contributed by atoms with Crippen LogP contribution in [0, 0.1) is 0 Å². The van der Waals surface area contributed by atoms with Crippen molar-refractivity contribution in [1.82, 2.24) is 5.43 Å². The van der Waals surface area contributed by atoms with Crippen molar-refractivity contribution in [3.05, 3.63) is 34.3 Å². The van der Waals surface area contributed by atoms with Gasteiger partial charge in [0.25, 0.3) is 0 Å². The maximum Gasteiger partial charge on any atom is 0.398 e. The van der Waals surface area contributed by atoms with Gasteiger partial charge in [0.2, 0.25) is 0 Å². The molecule has 1 amide bonds. The van der Waals surface area contributed by atoms with E-state index in [0.717, 1.165) is 10.0 Å². The quantitative estimate of drug-likeness (QED) is 0.398. The van der Waals surface area contributed by atoms with Crippen LogP contribution >= 0.6 is 15.9 Å². The molecule has 0 radical (unpaired) electrons. The highest BCUT2D eigenvalue weighted by atomic mass is 79.9. The number of nitrogens with one attached hydrogen (secondary N) is 1. The van der Waals surface area contributed by atoms with Crippen LogP contribution in [0.5, 0.6) is 0 Å². The van der Waals surface area contributed by atoms with Gasteiger partial charge in [-0.2, -0.15) is 5.10 Å². The van der Waals surface area contributed by atoms with Crippen LogP contribution in [0.15, 0.2) is 33.8 Å². The number of carbonyl (C=O) groups is 2. The summed E-state index contributed by atoms with van der Waals surface area (Å²) in [6, 6.07) is 7.30. The van der Waals surface area contributed by atoms with E-state index in [1.165, 1.54) is 6.21 Å². The summed E-state index contributed by atoms with van der Waals surface area (Å²) in [6.07, 6.45) is 1.43. The van der Waals surface area contributed by atoms with Gasteiger partial charge in [-0.05, 0) is 24.6 Å². The Morgan fingerprint density at radius 2 is 2.06 bits per heavy atom. The molecule has 1 aromatic rings. The number of esters is 1. The second kappa shape index (κ2) is 6.80. The minimum Gasteiger partial charge on any atom is -0.459 e. The van der Waals surface area contributed by atoms with Crippen molar-refractivity contribution < 1.29 is 14.3 Å². The zero-order valence-corrected chi connectivity index (χ0v) is 10.7. The molecule has 5 nitrogen and oxygen atoms in total. The van der Waals surface area contributed by atoms with Gasteiger partial charge in [0.1, 0.15) is 0 Å². The summed E-state index contributed by atoms with van der Waals surface area (Å²) in [4.78, 5) is 22.0. The minimum absolute atomic E-state index is 0.155. The predicted octanol–water partition coefficient (Wildman–Crippen LogP) is 1.46. The lowest BCUT2D eigenvalue weighted by Crippen LogP contribution is -2.28. The summed E-state index contributed by atoms with van der Waals surface area (Å²) in [5.41, 5.74) is 2.88. The normalized spacial score (nSPS) is 10.2. The van der Waals surface area contributed by atoms with E-state index >= 15 is 0 Å². The molecule has 0 bridgehead atoms. The molecule has 0 heterocycles. The summed E-state index contributed by atoms with van der Waals surface area (Å²) in [6.45, 7) is 1.78. The van der Waals surface area contributed by atoms with Gasteiger partial charge in [0, 0.05) is 4.47 Å². The van der Waals surface area contributed by atoms with E-state index < -0.39 is 11.9 Å². The molecule has 6 heteroatoms. The second-order valence-electron chi connectivity index (χ2n) is 2.97. The van der Waals surface area contributed by atoms with E-state index in [-0.39, 0.29) is 6.61 Å². The van der Waals surface area contributed by atoms with Gasteiger partial charge < -0.3 is 4.74 Å². The average molecular weight is 299 g/mol. The van der Waals surface area contributed by atoms with Crippen LogP contribution < -0.4 is 5.43 Å². The monoisotopic (exact) mass is 298 g/mol. The number of ether oxygens (including phenoxy) is 1. The number of carbonyl (C=O) groups excluding carboxylic acids is 2. The lowest BCUT2D eigenvalue weighted by molar-refractivity contribution is -0.154. The molecule has 1 N–H and O–H groups in total. The van der Waals surface area contributed by atoms with E-state index in [9.17, 15) is 9.59 Å². The third-order valence-corrected chi connectivity index (χ3v) is 2.24. The molecule has 17 heavy (non-hydrogen) atoms. The van der Waals surface area contributed by atoms with Crippen LogP contribution in [0.1, 0.15) is 12.5 Å². The number of rotatable bonds is 3. The Kier molecular flexibility index (Phi) is 5.35. The van der Waals surface area contributed by atoms with E-state index in [1.807, 2.05) is 24.3 Å². The van der Waals surface area contributed by atoms with E-state index in [1.54, 1.807) is 6.92 Å². The molecule has 90 valence electrons. The third-order valence-electron chi connectivity index (χ3n) is 1.71. The highest BCUT2D eigenvalue weighted by Gasteiger charge is 2.12. The molecule has 0 unspecified atom stereocenters. The molecule has 0 saturated heterocycles. The van der Waals surface area contributed by atoms with E-state index in [2.05, 4.69) is 31.2 Å². The Hall–Kier alpha value is -1.69. The summed E-state index contributed by atoms with van der Waals surface area (Å²) in [5.74, 6) is -1.83. The van der Waals surface area contributed by atoms with Crippen molar-refractivity contribution in [2.45, 2.75) is 6.92 Å². The number of amides is 1. The first kappa shape index (κ1) is 13.4. The second-order valence-corrected chi connectivity index (χ2v) is 3.89. The Bertz CT molecular complexity index is 429. The van der Waals surface area contributed by atoms with Gasteiger partial charge >= 0.3 is 11.9 Å². The number of nitrogens with zero attached hydrogens (tertiary/aromatic N) is 1.